The van der Waals surface area contributed by atoms with E-state index in [0.29, 0.717) is 0 Å². The molecule has 0 atom stereocenters. The minimum absolute atomic E-state index is 1.21. The van der Waals surface area contributed by atoms with Crippen molar-refractivity contribution in [1.82, 2.24) is 0 Å². The summed E-state index contributed by atoms with van der Waals surface area (Å²) in [4.78, 5) is 0. The summed E-state index contributed by atoms with van der Waals surface area (Å²) in [5.74, 6) is 0. The summed E-state index contributed by atoms with van der Waals surface area (Å²) in [5, 5.41) is 0. The van der Waals surface area contributed by atoms with Gasteiger partial charge in [-0.3, -0.25) is 0 Å². The lowest BCUT2D eigenvalue weighted by Gasteiger charge is -2.35. The average Bonchev–Trinajstić information content (AvgIpc) is 1.77. The third-order valence-electron chi connectivity index (χ3n) is 1.45. The van der Waals surface area contributed by atoms with Gasteiger partial charge in [0, 0.05) is 0 Å². The molecule has 0 aliphatic rings. The molecule has 14 heavy (non-hydrogen) atoms. The van der Waals surface area contributed by atoms with Crippen LogP contribution in [0.1, 0.15) is 0 Å². The van der Waals surface area contributed by atoms with Crippen molar-refractivity contribution in [2.24, 2.45) is 5.41 Å². The SMILES string of the molecule is [CH2]C(C(F)(F)F)(C(F)(F)F)C(F)(F)F. The monoisotopic (exact) mass is 233 g/mol. The smallest absolute Gasteiger partial charge is 0.170 e. The molecule has 0 spiro atoms. The van der Waals surface area contributed by atoms with Gasteiger partial charge < -0.3 is 0 Å². The molecule has 0 aliphatic carbocycles. The van der Waals surface area contributed by atoms with Crippen LogP contribution in [-0.2, 0) is 0 Å². The molecule has 1 radical (unpaired) electrons. The van der Waals surface area contributed by atoms with Crippen LogP contribution in [0.25, 0.3) is 0 Å². The summed E-state index contributed by atoms with van der Waals surface area (Å²) in [7, 11) is 0. The Hall–Kier alpha value is -0.630. The first kappa shape index (κ1) is 13.4. The van der Waals surface area contributed by atoms with Crippen LogP contribution in [0.15, 0.2) is 0 Å². The maximum atomic E-state index is 11.6. The van der Waals surface area contributed by atoms with E-state index < -0.39 is 23.9 Å². The number of halogens is 9. The summed E-state index contributed by atoms with van der Waals surface area (Å²) in [5.41, 5.74) is -5.94. The summed E-state index contributed by atoms with van der Waals surface area (Å²) >= 11 is 0. The lowest BCUT2D eigenvalue weighted by Crippen LogP contribution is -2.57. The molecule has 0 rings (SSSR count). The summed E-state index contributed by atoms with van der Waals surface area (Å²) in [6, 6.07) is 0. The van der Waals surface area contributed by atoms with Crippen LogP contribution < -0.4 is 0 Å². The van der Waals surface area contributed by atoms with Crippen molar-refractivity contribution in [3.8, 4) is 0 Å². The van der Waals surface area contributed by atoms with Crippen LogP contribution >= 0.6 is 0 Å². The van der Waals surface area contributed by atoms with E-state index >= 15 is 0 Å². The first-order chi connectivity index (χ1) is 5.75. The van der Waals surface area contributed by atoms with Gasteiger partial charge >= 0.3 is 18.5 Å². The van der Waals surface area contributed by atoms with E-state index in [1.807, 2.05) is 0 Å². The van der Waals surface area contributed by atoms with Gasteiger partial charge in [-0.25, -0.2) is 0 Å². The van der Waals surface area contributed by atoms with E-state index in [1.165, 1.54) is 6.92 Å². The molecule has 0 nitrogen and oxygen atoms in total. The second-order valence-corrected chi connectivity index (χ2v) is 2.40. The average molecular weight is 233 g/mol. The first-order valence-corrected chi connectivity index (χ1v) is 2.80. The standard InChI is InChI=1S/C5H2F9/c1-2(3(6,7)8,4(9,10)11)5(12,13)14/h1H2. The molecule has 0 aliphatic heterocycles. The Balaban J connectivity index is 5.54. The van der Waals surface area contributed by atoms with Crippen molar-refractivity contribution in [2.75, 3.05) is 0 Å². The lowest BCUT2D eigenvalue weighted by molar-refractivity contribution is -0.408. The molecule has 0 amide bonds. The van der Waals surface area contributed by atoms with Gasteiger partial charge in [0.25, 0.3) is 5.41 Å². The number of hydrogen-bond donors (Lipinski definition) is 0. The van der Waals surface area contributed by atoms with Crippen molar-refractivity contribution in [1.29, 1.82) is 0 Å². The Labute approximate surface area is 71.7 Å². The Kier molecular flexibility index (Phi) is 2.80. The third-order valence-corrected chi connectivity index (χ3v) is 1.45. The minimum Gasteiger partial charge on any atom is -0.170 e. The first-order valence-electron chi connectivity index (χ1n) is 2.80. The van der Waals surface area contributed by atoms with E-state index in [9.17, 15) is 39.5 Å². The van der Waals surface area contributed by atoms with Crippen molar-refractivity contribution in [3.05, 3.63) is 6.92 Å². The lowest BCUT2D eigenvalue weighted by atomic mass is 9.88. The minimum atomic E-state index is -6.54. The summed E-state index contributed by atoms with van der Waals surface area (Å²) < 4.78 is 104. The Morgan fingerprint density at radius 2 is 0.643 bits per heavy atom. The maximum absolute atomic E-state index is 11.6. The number of rotatable bonds is 0. The van der Waals surface area contributed by atoms with Crippen molar-refractivity contribution < 1.29 is 39.5 Å². The third kappa shape index (κ3) is 1.76. The fourth-order valence-corrected chi connectivity index (χ4v) is 0.482. The zero-order valence-corrected chi connectivity index (χ0v) is 6.11. The van der Waals surface area contributed by atoms with E-state index in [4.69, 9.17) is 0 Å². The summed E-state index contributed by atoms with van der Waals surface area (Å²) in [6.07, 6.45) is -19.6. The van der Waals surface area contributed by atoms with Gasteiger partial charge in [0.2, 0.25) is 0 Å². The molecular formula is C5H2F9. The molecule has 0 heterocycles. The molecule has 0 aromatic heterocycles. The molecule has 0 aromatic carbocycles. The van der Waals surface area contributed by atoms with Gasteiger partial charge in [-0.15, -0.1) is 0 Å². The predicted octanol–water partition coefficient (Wildman–Crippen LogP) is 3.49. The van der Waals surface area contributed by atoms with E-state index in [0.717, 1.165) is 0 Å². The van der Waals surface area contributed by atoms with Crippen molar-refractivity contribution in [3.63, 3.8) is 0 Å². The zero-order valence-electron chi connectivity index (χ0n) is 6.11. The van der Waals surface area contributed by atoms with Gasteiger partial charge in [0.1, 0.15) is 0 Å². The Bertz CT molecular complexity index is 167. The highest BCUT2D eigenvalue weighted by Gasteiger charge is 2.80. The maximum Gasteiger partial charge on any atom is 0.412 e. The summed E-state index contributed by atoms with van der Waals surface area (Å²) in [6.45, 7) is 1.21. The van der Waals surface area contributed by atoms with E-state index in [-0.39, 0.29) is 0 Å². The topological polar surface area (TPSA) is 0 Å². The van der Waals surface area contributed by atoms with E-state index in [1.54, 1.807) is 0 Å². The van der Waals surface area contributed by atoms with Crippen LogP contribution in [0.4, 0.5) is 39.5 Å². The predicted molar refractivity (Wildman–Crippen MR) is 26.0 cm³/mol. The van der Waals surface area contributed by atoms with Gasteiger partial charge in [-0.05, 0) is 6.92 Å². The highest BCUT2D eigenvalue weighted by molar-refractivity contribution is 5.01. The Morgan fingerprint density at radius 1 is 0.500 bits per heavy atom. The van der Waals surface area contributed by atoms with Crippen molar-refractivity contribution >= 4 is 0 Å². The van der Waals surface area contributed by atoms with Gasteiger partial charge in [-0.1, -0.05) is 0 Å². The Morgan fingerprint density at radius 3 is 0.643 bits per heavy atom. The zero-order chi connectivity index (χ0) is 12.0. The fourth-order valence-electron chi connectivity index (χ4n) is 0.482. The molecule has 9 heteroatoms. The highest BCUT2D eigenvalue weighted by atomic mass is 19.4. The molecule has 0 aromatic rings. The highest BCUT2D eigenvalue weighted by Crippen LogP contribution is 2.58. The molecule has 0 saturated carbocycles. The van der Waals surface area contributed by atoms with Gasteiger partial charge in [0.15, 0.2) is 0 Å². The van der Waals surface area contributed by atoms with Crippen LogP contribution in [-0.4, -0.2) is 18.5 Å². The van der Waals surface area contributed by atoms with Crippen molar-refractivity contribution in [2.45, 2.75) is 18.5 Å². The molecular weight excluding hydrogens is 231 g/mol. The molecule has 0 unspecified atom stereocenters. The van der Waals surface area contributed by atoms with Crippen LogP contribution in [0, 0.1) is 12.3 Å². The second kappa shape index (κ2) is 2.93. The molecule has 0 fully saturated rings. The number of alkyl halides is 9. The largest absolute Gasteiger partial charge is 0.412 e. The van der Waals surface area contributed by atoms with Gasteiger partial charge in [0.05, 0.1) is 0 Å². The molecule has 0 N–H and O–H groups in total. The second-order valence-electron chi connectivity index (χ2n) is 2.40. The fraction of sp³-hybridized carbons (Fsp3) is 0.800. The van der Waals surface area contributed by atoms with Crippen LogP contribution in [0.5, 0.6) is 0 Å². The quantitative estimate of drug-likeness (QED) is 0.561. The van der Waals surface area contributed by atoms with Crippen LogP contribution in [0.2, 0.25) is 0 Å². The molecule has 85 valence electrons. The normalized spacial score (nSPS) is 15.9. The molecule has 0 saturated heterocycles. The molecule has 0 bridgehead atoms. The van der Waals surface area contributed by atoms with Gasteiger partial charge in [-0.2, -0.15) is 39.5 Å². The number of hydrogen-bond acceptors (Lipinski definition) is 0. The van der Waals surface area contributed by atoms with Crippen LogP contribution in [0.3, 0.4) is 0 Å². The van der Waals surface area contributed by atoms with E-state index in [2.05, 4.69) is 0 Å².